The molecule has 0 saturated carbocycles. The van der Waals surface area contributed by atoms with Crippen molar-refractivity contribution in [2.75, 3.05) is 8.46 Å². The molecule has 0 aliphatic heterocycles. The molecule has 11 heteroatoms. The van der Waals surface area contributed by atoms with Gasteiger partial charge >= 0.3 is 0 Å². The van der Waals surface area contributed by atoms with E-state index >= 15 is 0 Å². The monoisotopic (exact) mass is 469 g/mol. The average molecular weight is 470 g/mol. The van der Waals surface area contributed by atoms with Gasteiger partial charge in [-0.2, -0.15) is 0 Å². The maximum absolute atomic E-state index is 4.14. The molecule has 3 nitrogen and oxygen atoms in total. The predicted octanol–water partition coefficient (Wildman–Crippen LogP) is -5.24. The molecule has 0 N–H and O–H groups in total. The topological polar surface area (TPSA) is 19.4 Å². The molecule has 0 amide bonds. The van der Waals surface area contributed by atoms with Gasteiger partial charge in [0.2, 0.25) is 0 Å². The minimum atomic E-state index is 0.149. The molecular formula is C14H35N3Si8. The van der Waals surface area contributed by atoms with Crippen LogP contribution in [0.4, 0.5) is 11.4 Å². The molecule has 1 aromatic carbocycles. The first-order valence-corrected chi connectivity index (χ1v) is 34.6. The third kappa shape index (κ3) is 6.74. The van der Waals surface area contributed by atoms with Crippen molar-refractivity contribution in [1.29, 1.82) is 0 Å². The van der Waals surface area contributed by atoms with E-state index in [0.717, 1.165) is 0 Å². The van der Waals surface area contributed by atoms with Crippen LogP contribution in [0.2, 0.25) is 0 Å². The number of rotatable bonds is 6. The van der Waals surface area contributed by atoms with Crippen molar-refractivity contribution >= 4 is 87.2 Å². The number of hydrogen-bond acceptors (Lipinski definition) is 3. The smallest absolute Gasteiger partial charge is 0.0923 e. The highest BCUT2D eigenvalue weighted by molar-refractivity contribution is 7.06. The van der Waals surface area contributed by atoms with Crippen LogP contribution >= 0.6 is 0 Å². The molecule has 138 valence electrons. The lowest BCUT2D eigenvalue weighted by Crippen LogP contribution is -2.33. The highest BCUT2D eigenvalue weighted by Crippen LogP contribution is 2.23. The number of pyridine rings is 1. The second-order valence-electron chi connectivity index (χ2n) is 6.21. The molecule has 0 fully saturated rings. The highest BCUT2D eigenvalue weighted by atomic mass is 29.2. The molecule has 2 aromatic rings. The molecule has 1 aromatic heterocycles. The van der Waals surface area contributed by atoms with E-state index in [1.165, 1.54) is 61.4 Å². The van der Waals surface area contributed by atoms with Gasteiger partial charge in [-0.1, -0.05) is 6.07 Å². The van der Waals surface area contributed by atoms with Gasteiger partial charge in [0.25, 0.3) is 0 Å². The number of benzene rings is 1. The lowest BCUT2D eigenvalue weighted by molar-refractivity contribution is 1.26. The van der Waals surface area contributed by atoms with Crippen molar-refractivity contribution in [1.82, 2.24) is 4.98 Å². The minimum Gasteiger partial charge on any atom is -0.439 e. The van der Waals surface area contributed by atoms with Crippen LogP contribution in [-0.2, 0) is 0 Å². The molecule has 0 unspecified atom stereocenters. The van der Waals surface area contributed by atoms with E-state index in [9.17, 15) is 0 Å². The zero-order chi connectivity index (χ0) is 18.8. The SMILES string of the molecule is Cc1ccc(N([SiH2][SiH3])[SiH2][SiH3])c(C)c1C.[SiH3][SiH2]N([SiH2][SiH3])c1cccnc1. The lowest BCUT2D eigenvalue weighted by Gasteiger charge is -2.25. The van der Waals surface area contributed by atoms with E-state index in [1.54, 1.807) is 5.69 Å². The summed E-state index contributed by atoms with van der Waals surface area (Å²) in [5, 5.41) is 0. The second-order valence-corrected chi connectivity index (χ2v) is 21.2. The fraction of sp³-hybridized carbons (Fsp3) is 0.214. The van der Waals surface area contributed by atoms with Crippen LogP contribution in [0.5, 0.6) is 0 Å². The maximum atomic E-state index is 4.14. The van der Waals surface area contributed by atoms with Gasteiger partial charge in [-0.3, -0.25) is 4.98 Å². The van der Waals surface area contributed by atoms with E-state index in [2.05, 4.69) is 52.4 Å². The van der Waals surface area contributed by atoms with E-state index < -0.39 is 0 Å². The molecule has 25 heavy (non-hydrogen) atoms. The Kier molecular flexibility index (Phi) is 11.1. The first-order chi connectivity index (χ1) is 12.0. The Labute approximate surface area is 174 Å². The Morgan fingerprint density at radius 3 is 1.88 bits per heavy atom. The number of hydrogen-bond donors (Lipinski definition) is 0. The van der Waals surface area contributed by atoms with Gasteiger partial charge in [-0.05, 0) is 55.7 Å². The summed E-state index contributed by atoms with van der Waals surface area (Å²) in [6, 6.07) is 8.89. The summed E-state index contributed by atoms with van der Waals surface area (Å²) in [5.74, 6) is 0. The molecule has 2 rings (SSSR count). The van der Waals surface area contributed by atoms with E-state index in [4.69, 9.17) is 0 Å². The summed E-state index contributed by atoms with van der Waals surface area (Å²) in [7, 11) is 6.30. The van der Waals surface area contributed by atoms with Crippen molar-refractivity contribution < 1.29 is 0 Å². The standard InChI is InChI=1S/C9H21NSi4.C5H14N2Si4/c1-6-4-5-9(8(3)7(6)2)10(13-11)14-12;8-10-7(11-9)5-2-1-3-6-4-5/h4-5H,13-14H2,1-3,11-12H3;1-4H,10-11H2,8-9H3. The van der Waals surface area contributed by atoms with Gasteiger partial charge < -0.3 is 8.46 Å². The fourth-order valence-electron chi connectivity index (χ4n) is 2.98. The van der Waals surface area contributed by atoms with Crippen LogP contribution in [-0.4, -0.2) is 80.8 Å². The summed E-state index contributed by atoms with van der Waals surface area (Å²) in [5.41, 5.74) is 7.46. The van der Waals surface area contributed by atoms with Crippen LogP contribution in [0.1, 0.15) is 16.7 Å². The third-order valence-electron chi connectivity index (χ3n) is 4.91. The van der Waals surface area contributed by atoms with Crippen LogP contribution in [0.25, 0.3) is 0 Å². The average Bonchev–Trinajstić information content (AvgIpc) is 2.65. The first-order valence-electron chi connectivity index (χ1n) is 9.46. The highest BCUT2D eigenvalue weighted by Gasteiger charge is 2.07. The normalized spacial score (nSPS) is 12.4. The van der Waals surface area contributed by atoms with E-state index in [0.29, 0.717) is 0 Å². The van der Waals surface area contributed by atoms with E-state index in [-0.39, 0.29) is 36.8 Å². The van der Waals surface area contributed by atoms with Gasteiger partial charge in [0.15, 0.2) is 0 Å². The lowest BCUT2D eigenvalue weighted by atomic mass is 10.0. The van der Waals surface area contributed by atoms with Gasteiger partial charge in [-0.15, -0.1) is 0 Å². The molecule has 0 bridgehead atoms. The largest absolute Gasteiger partial charge is 0.439 e. The summed E-state index contributed by atoms with van der Waals surface area (Å²) in [4.78, 5) is 4.14. The Morgan fingerprint density at radius 1 is 0.800 bits per heavy atom. The molecule has 0 aliphatic rings. The summed E-state index contributed by atoms with van der Waals surface area (Å²) in [6.07, 6.45) is 3.86. The van der Waals surface area contributed by atoms with Gasteiger partial charge in [0.05, 0.1) is 36.8 Å². The number of nitrogens with zero attached hydrogens (tertiary/aromatic N) is 3. The molecular weight excluding hydrogens is 435 g/mol. The third-order valence-corrected chi connectivity index (χ3v) is 34.6. The minimum absolute atomic E-state index is 0.149. The van der Waals surface area contributed by atoms with Crippen LogP contribution in [0, 0.1) is 20.8 Å². The molecule has 0 spiro atoms. The van der Waals surface area contributed by atoms with Gasteiger partial charge in [-0.25, -0.2) is 0 Å². The Balaban J connectivity index is 0.000000257. The van der Waals surface area contributed by atoms with Crippen LogP contribution in [0.15, 0.2) is 36.7 Å². The number of aryl methyl sites for hydroxylation is 1. The Morgan fingerprint density at radius 2 is 1.40 bits per heavy atom. The van der Waals surface area contributed by atoms with Gasteiger partial charge in [0, 0.05) is 62.8 Å². The predicted molar refractivity (Wildman–Crippen MR) is 144 cm³/mol. The van der Waals surface area contributed by atoms with Crippen molar-refractivity contribution in [3.8, 4) is 0 Å². The summed E-state index contributed by atoms with van der Waals surface area (Å²) < 4.78 is 5.48. The Hall–Kier alpha value is -0.295. The fourth-order valence-corrected chi connectivity index (χ4v) is 45.5. The molecule has 0 saturated heterocycles. The maximum Gasteiger partial charge on any atom is 0.0923 e. The second kappa shape index (κ2) is 12.2. The molecule has 0 atom stereocenters. The molecule has 0 radical (unpaired) electrons. The summed E-state index contributed by atoms with van der Waals surface area (Å²) >= 11 is 0. The zero-order valence-corrected chi connectivity index (χ0v) is 30.8. The van der Waals surface area contributed by atoms with Gasteiger partial charge in [0.1, 0.15) is 0 Å². The van der Waals surface area contributed by atoms with Crippen molar-refractivity contribution in [3.05, 3.63) is 53.3 Å². The Bertz CT molecular complexity index is 635. The van der Waals surface area contributed by atoms with Crippen molar-refractivity contribution in [2.45, 2.75) is 20.8 Å². The first kappa shape index (κ1) is 22.7. The van der Waals surface area contributed by atoms with Crippen molar-refractivity contribution in [2.24, 2.45) is 0 Å². The van der Waals surface area contributed by atoms with Crippen molar-refractivity contribution in [3.63, 3.8) is 0 Å². The number of aromatic nitrogens is 1. The molecule has 0 aliphatic carbocycles. The zero-order valence-electron chi connectivity index (χ0n) is 17.1. The number of anilines is 2. The van der Waals surface area contributed by atoms with Crippen LogP contribution < -0.4 is 8.46 Å². The quantitative estimate of drug-likeness (QED) is 0.394. The molecule has 1 heterocycles. The van der Waals surface area contributed by atoms with Crippen LogP contribution in [0.3, 0.4) is 0 Å². The van der Waals surface area contributed by atoms with E-state index in [1.807, 2.05) is 18.5 Å². The summed E-state index contributed by atoms with van der Waals surface area (Å²) in [6.45, 7) is 6.77.